The van der Waals surface area contributed by atoms with Crippen molar-refractivity contribution in [2.24, 2.45) is 10.9 Å². The number of amides is 1. The van der Waals surface area contributed by atoms with Crippen LogP contribution < -0.4 is 10.2 Å². The van der Waals surface area contributed by atoms with Crippen molar-refractivity contribution in [2.75, 3.05) is 57.8 Å². The van der Waals surface area contributed by atoms with Crippen LogP contribution in [-0.4, -0.2) is 84.5 Å². The van der Waals surface area contributed by atoms with Crippen LogP contribution >= 0.6 is 0 Å². The molecular formula is C19H31N7O. The van der Waals surface area contributed by atoms with Gasteiger partial charge in [0.15, 0.2) is 5.96 Å². The quantitative estimate of drug-likeness (QED) is 0.622. The van der Waals surface area contributed by atoms with Crippen molar-refractivity contribution in [1.29, 1.82) is 0 Å². The molecule has 1 N–H and O–H groups in total. The van der Waals surface area contributed by atoms with Crippen LogP contribution in [0.4, 0.5) is 5.95 Å². The number of hydrogen-bond donors (Lipinski definition) is 1. The van der Waals surface area contributed by atoms with Gasteiger partial charge in [0.2, 0.25) is 11.9 Å². The fourth-order valence-corrected chi connectivity index (χ4v) is 3.60. The van der Waals surface area contributed by atoms with E-state index in [-0.39, 0.29) is 5.91 Å². The average molecular weight is 374 g/mol. The number of carbonyl (C=O) groups excluding carboxylic acids is 1. The summed E-state index contributed by atoms with van der Waals surface area (Å²) in [4.78, 5) is 31.8. The fourth-order valence-electron chi connectivity index (χ4n) is 3.60. The maximum atomic E-state index is 12.5. The van der Waals surface area contributed by atoms with E-state index < -0.39 is 0 Å². The van der Waals surface area contributed by atoms with Crippen LogP contribution in [0.5, 0.6) is 0 Å². The standard InChI is InChI=1S/C19H31N7O/c1-16-5-10-25(11-6-16)18(20-2)23-9-4-17(27)24-12-14-26(15-13-24)19-21-7-3-8-22-19/h3,7-8,16H,4-6,9-15H2,1-2H3,(H,20,23). The highest BCUT2D eigenvalue weighted by Crippen LogP contribution is 2.16. The van der Waals surface area contributed by atoms with Gasteiger partial charge in [-0.3, -0.25) is 9.79 Å². The van der Waals surface area contributed by atoms with Crippen LogP contribution in [0, 0.1) is 5.92 Å². The van der Waals surface area contributed by atoms with Crippen molar-refractivity contribution < 1.29 is 4.79 Å². The van der Waals surface area contributed by atoms with Gasteiger partial charge in [-0.05, 0) is 24.8 Å². The zero-order valence-electron chi connectivity index (χ0n) is 16.5. The summed E-state index contributed by atoms with van der Waals surface area (Å²) in [6, 6.07) is 1.81. The Kier molecular flexibility index (Phi) is 6.84. The first-order valence-electron chi connectivity index (χ1n) is 9.92. The van der Waals surface area contributed by atoms with Gasteiger partial charge in [0.25, 0.3) is 0 Å². The molecule has 0 radical (unpaired) electrons. The smallest absolute Gasteiger partial charge is 0.225 e. The van der Waals surface area contributed by atoms with Crippen LogP contribution in [0.1, 0.15) is 26.2 Å². The highest BCUT2D eigenvalue weighted by molar-refractivity contribution is 5.81. The topological polar surface area (TPSA) is 77.0 Å². The molecule has 2 fully saturated rings. The number of nitrogens with zero attached hydrogens (tertiary/aromatic N) is 6. The number of piperidine rings is 1. The van der Waals surface area contributed by atoms with Crippen LogP contribution in [-0.2, 0) is 4.79 Å². The molecule has 3 heterocycles. The number of carbonyl (C=O) groups is 1. The number of aliphatic imine (C=N–C) groups is 1. The Bertz CT molecular complexity index is 620. The van der Waals surface area contributed by atoms with Crippen molar-refractivity contribution >= 4 is 17.8 Å². The van der Waals surface area contributed by atoms with Crippen molar-refractivity contribution in [3.63, 3.8) is 0 Å². The van der Waals surface area contributed by atoms with E-state index in [4.69, 9.17) is 0 Å². The number of hydrogen-bond acceptors (Lipinski definition) is 5. The van der Waals surface area contributed by atoms with E-state index in [1.54, 1.807) is 12.4 Å². The molecule has 8 heteroatoms. The molecule has 1 aromatic rings. The van der Waals surface area contributed by atoms with Gasteiger partial charge < -0.3 is 20.0 Å². The number of piperazine rings is 1. The van der Waals surface area contributed by atoms with Crippen LogP contribution in [0.3, 0.4) is 0 Å². The molecule has 3 rings (SSSR count). The second-order valence-electron chi connectivity index (χ2n) is 7.31. The SMILES string of the molecule is CN=C(NCCC(=O)N1CCN(c2ncccn2)CC1)N1CCC(C)CC1. The Morgan fingerprint density at radius 2 is 1.78 bits per heavy atom. The van der Waals surface area contributed by atoms with E-state index in [0.717, 1.165) is 57.1 Å². The molecule has 0 spiro atoms. The summed E-state index contributed by atoms with van der Waals surface area (Å²) >= 11 is 0. The first kappa shape index (κ1) is 19.4. The van der Waals surface area contributed by atoms with Crippen LogP contribution in [0.15, 0.2) is 23.5 Å². The molecule has 2 aliphatic rings. The Morgan fingerprint density at radius 3 is 2.41 bits per heavy atom. The Morgan fingerprint density at radius 1 is 1.11 bits per heavy atom. The predicted molar refractivity (Wildman–Crippen MR) is 107 cm³/mol. The fraction of sp³-hybridized carbons (Fsp3) is 0.684. The first-order chi connectivity index (χ1) is 13.2. The number of aromatic nitrogens is 2. The Balaban J connectivity index is 1.38. The zero-order valence-corrected chi connectivity index (χ0v) is 16.5. The maximum absolute atomic E-state index is 12.5. The summed E-state index contributed by atoms with van der Waals surface area (Å²) in [5.74, 6) is 2.64. The minimum absolute atomic E-state index is 0.193. The lowest BCUT2D eigenvalue weighted by Crippen LogP contribution is -2.50. The third-order valence-corrected chi connectivity index (χ3v) is 5.38. The van der Waals surface area contributed by atoms with E-state index in [1.165, 1.54) is 12.8 Å². The van der Waals surface area contributed by atoms with Crippen molar-refractivity contribution in [2.45, 2.75) is 26.2 Å². The monoisotopic (exact) mass is 373 g/mol. The average Bonchev–Trinajstić information content (AvgIpc) is 2.73. The summed E-state index contributed by atoms with van der Waals surface area (Å²) < 4.78 is 0. The van der Waals surface area contributed by atoms with Gasteiger partial charge >= 0.3 is 0 Å². The number of guanidine groups is 1. The lowest BCUT2D eigenvalue weighted by Gasteiger charge is -2.35. The number of likely N-dealkylation sites (tertiary alicyclic amines) is 1. The van der Waals surface area contributed by atoms with Gasteiger partial charge in [-0.1, -0.05) is 6.92 Å². The molecule has 1 amide bonds. The van der Waals surface area contributed by atoms with Gasteiger partial charge in [-0.15, -0.1) is 0 Å². The van der Waals surface area contributed by atoms with E-state index in [1.807, 2.05) is 18.0 Å². The molecule has 27 heavy (non-hydrogen) atoms. The molecule has 0 aromatic carbocycles. The van der Waals surface area contributed by atoms with Gasteiger partial charge in [0.1, 0.15) is 0 Å². The highest BCUT2D eigenvalue weighted by Gasteiger charge is 2.23. The molecule has 148 valence electrons. The van der Waals surface area contributed by atoms with Gasteiger partial charge in [0, 0.05) is 71.7 Å². The molecule has 2 saturated heterocycles. The lowest BCUT2D eigenvalue weighted by molar-refractivity contribution is -0.131. The second kappa shape index (κ2) is 9.53. The summed E-state index contributed by atoms with van der Waals surface area (Å²) in [6.45, 7) is 7.99. The summed E-state index contributed by atoms with van der Waals surface area (Å²) in [5.41, 5.74) is 0. The first-order valence-corrected chi connectivity index (χ1v) is 9.92. The third kappa shape index (κ3) is 5.30. The summed E-state index contributed by atoms with van der Waals surface area (Å²) in [7, 11) is 1.81. The highest BCUT2D eigenvalue weighted by atomic mass is 16.2. The molecule has 0 atom stereocenters. The van der Waals surface area contributed by atoms with Gasteiger partial charge in [0.05, 0.1) is 0 Å². The van der Waals surface area contributed by atoms with Crippen LogP contribution in [0.25, 0.3) is 0 Å². The van der Waals surface area contributed by atoms with Gasteiger partial charge in [-0.2, -0.15) is 0 Å². The minimum Gasteiger partial charge on any atom is -0.356 e. The molecule has 0 aliphatic carbocycles. The number of rotatable bonds is 4. The van der Waals surface area contributed by atoms with Crippen molar-refractivity contribution in [1.82, 2.24) is 25.1 Å². The van der Waals surface area contributed by atoms with Crippen molar-refractivity contribution in [3.8, 4) is 0 Å². The minimum atomic E-state index is 0.193. The molecule has 2 aliphatic heterocycles. The van der Waals surface area contributed by atoms with E-state index in [9.17, 15) is 4.79 Å². The number of nitrogens with one attached hydrogen (secondary N) is 1. The molecule has 1 aromatic heterocycles. The Labute approximate surface area is 161 Å². The summed E-state index contributed by atoms with van der Waals surface area (Å²) in [5, 5.41) is 3.36. The van der Waals surface area contributed by atoms with Gasteiger partial charge in [-0.25, -0.2) is 9.97 Å². The molecular weight excluding hydrogens is 342 g/mol. The maximum Gasteiger partial charge on any atom is 0.225 e. The molecule has 8 nitrogen and oxygen atoms in total. The Hall–Kier alpha value is -2.38. The second-order valence-corrected chi connectivity index (χ2v) is 7.31. The van der Waals surface area contributed by atoms with E-state index in [2.05, 4.69) is 37.0 Å². The lowest BCUT2D eigenvalue weighted by atomic mass is 10.00. The summed E-state index contributed by atoms with van der Waals surface area (Å²) in [6.07, 6.45) is 6.40. The molecule has 0 unspecified atom stereocenters. The third-order valence-electron chi connectivity index (χ3n) is 5.38. The zero-order chi connectivity index (χ0) is 19.1. The van der Waals surface area contributed by atoms with E-state index in [0.29, 0.717) is 13.0 Å². The van der Waals surface area contributed by atoms with E-state index >= 15 is 0 Å². The van der Waals surface area contributed by atoms with Crippen molar-refractivity contribution in [3.05, 3.63) is 18.5 Å². The van der Waals surface area contributed by atoms with Crippen LogP contribution in [0.2, 0.25) is 0 Å². The normalized spacial score (nSPS) is 19.3. The largest absolute Gasteiger partial charge is 0.356 e. The molecule has 0 bridgehead atoms. The predicted octanol–water partition coefficient (Wildman–Crippen LogP) is 0.823. The molecule has 0 saturated carbocycles. The number of anilines is 1.